The van der Waals surface area contributed by atoms with E-state index in [2.05, 4.69) is 12.2 Å². The maximum absolute atomic E-state index is 10.1. The topological polar surface area (TPSA) is 29.1 Å². The molecule has 0 rings (SSSR count). The van der Waals surface area contributed by atoms with E-state index in [1.165, 1.54) is 109 Å². The van der Waals surface area contributed by atoms with E-state index < -0.39 is 0 Å². The first-order valence-electron chi connectivity index (χ1n) is 10.6. The van der Waals surface area contributed by atoms with Crippen LogP contribution >= 0.6 is 0 Å². The van der Waals surface area contributed by atoms with Crippen molar-refractivity contribution in [3.63, 3.8) is 0 Å². The van der Waals surface area contributed by atoms with Crippen LogP contribution in [-0.4, -0.2) is 13.0 Å². The van der Waals surface area contributed by atoms with Crippen molar-refractivity contribution < 1.29 is 4.79 Å². The smallest absolute Gasteiger partial charge is 0.207 e. The van der Waals surface area contributed by atoms with Crippen LogP contribution < -0.4 is 5.32 Å². The fourth-order valence-corrected chi connectivity index (χ4v) is 3.19. The van der Waals surface area contributed by atoms with Gasteiger partial charge in [-0.3, -0.25) is 4.79 Å². The summed E-state index contributed by atoms with van der Waals surface area (Å²) in [6.45, 7) is 3.14. The van der Waals surface area contributed by atoms with E-state index >= 15 is 0 Å². The minimum Gasteiger partial charge on any atom is -0.359 e. The zero-order valence-electron chi connectivity index (χ0n) is 15.9. The van der Waals surface area contributed by atoms with Crippen LogP contribution in [0.1, 0.15) is 122 Å². The fraction of sp³-hybridized carbons (Fsp3) is 0.952. The monoisotopic (exact) mass is 325 g/mol. The summed E-state index contributed by atoms with van der Waals surface area (Å²) < 4.78 is 0. The molecular formula is C21H43NO. The normalized spacial score (nSPS) is 10.8. The van der Waals surface area contributed by atoms with Crippen LogP contribution in [-0.2, 0) is 4.79 Å². The Morgan fingerprint density at radius 3 is 1.13 bits per heavy atom. The van der Waals surface area contributed by atoms with Gasteiger partial charge in [0.05, 0.1) is 0 Å². The zero-order valence-corrected chi connectivity index (χ0v) is 15.9. The lowest BCUT2D eigenvalue weighted by Gasteiger charge is -2.04. The van der Waals surface area contributed by atoms with Crippen molar-refractivity contribution in [2.45, 2.75) is 122 Å². The third-order valence-corrected chi connectivity index (χ3v) is 4.76. The Bertz CT molecular complexity index is 218. The average Bonchev–Trinajstić information content (AvgIpc) is 2.57. The maximum Gasteiger partial charge on any atom is 0.207 e. The highest BCUT2D eigenvalue weighted by Crippen LogP contribution is 2.14. The Labute approximate surface area is 146 Å². The van der Waals surface area contributed by atoms with E-state index in [1.54, 1.807) is 0 Å². The van der Waals surface area contributed by atoms with Gasteiger partial charge in [0.25, 0.3) is 0 Å². The van der Waals surface area contributed by atoms with Crippen LogP contribution in [0.5, 0.6) is 0 Å². The van der Waals surface area contributed by atoms with Crippen LogP contribution in [0.25, 0.3) is 0 Å². The molecule has 0 heterocycles. The number of rotatable bonds is 20. The molecule has 0 saturated carbocycles. The second-order valence-corrected chi connectivity index (χ2v) is 7.08. The number of amides is 1. The highest BCUT2D eigenvalue weighted by Gasteiger charge is 1.94. The lowest BCUT2D eigenvalue weighted by atomic mass is 10.0. The molecule has 23 heavy (non-hydrogen) atoms. The van der Waals surface area contributed by atoms with Crippen LogP contribution in [0.4, 0.5) is 0 Å². The van der Waals surface area contributed by atoms with Gasteiger partial charge in [0.15, 0.2) is 0 Å². The largest absolute Gasteiger partial charge is 0.359 e. The van der Waals surface area contributed by atoms with E-state index in [1.807, 2.05) is 0 Å². The number of carbonyl (C=O) groups excluding carboxylic acids is 1. The molecule has 0 bridgehead atoms. The molecule has 138 valence electrons. The molecule has 1 amide bonds. The van der Waals surface area contributed by atoms with Crippen LogP contribution in [0, 0.1) is 0 Å². The summed E-state index contributed by atoms with van der Waals surface area (Å²) in [6.07, 6.45) is 26.1. The molecule has 0 saturated heterocycles. The number of nitrogens with one attached hydrogen (secondary N) is 1. The molecule has 0 unspecified atom stereocenters. The molecule has 0 atom stereocenters. The summed E-state index contributed by atoms with van der Waals surface area (Å²) in [5, 5.41) is 2.72. The van der Waals surface area contributed by atoms with E-state index in [0.29, 0.717) is 0 Å². The standard InChI is InChI=1S/C21H43NO/c1-2-3-4-5-6-7-8-9-10-11-12-13-14-15-16-17-18-19-20-22-21-23/h21H,2-20H2,1H3,(H,22,23). The molecule has 0 radical (unpaired) electrons. The molecule has 0 aromatic rings. The Hall–Kier alpha value is -0.530. The molecule has 0 aromatic heterocycles. The van der Waals surface area contributed by atoms with Crippen molar-refractivity contribution in [2.75, 3.05) is 6.54 Å². The molecule has 0 aliphatic heterocycles. The van der Waals surface area contributed by atoms with Crippen molar-refractivity contribution in [1.29, 1.82) is 0 Å². The molecule has 0 fully saturated rings. The Balaban J connectivity index is 2.93. The number of hydrogen-bond acceptors (Lipinski definition) is 1. The van der Waals surface area contributed by atoms with Crippen molar-refractivity contribution in [1.82, 2.24) is 5.32 Å². The quantitative estimate of drug-likeness (QED) is 0.194. The highest BCUT2D eigenvalue weighted by atomic mass is 16.1. The summed E-state index contributed by atoms with van der Waals surface area (Å²) in [6, 6.07) is 0. The fourth-order valence-electron chi connectivity index (χ4n) is 3.19. The predicted molar refractivity (Wildman–Crippen MR) is 103 cm³/mol. The van der Waals surface area contributed by atoms with E-state index in [-0.39, 0.29) is 0 Å². The van der Waals surface area contributed by atoms with Crippen molar-refractivity contribution in [3.05, 3.63) is 0 Å². The van der Waals surface area contributed by atoms with Crippen molar-refractivity contribution in [3.8, 4) is 0 Å². The Morgan fingerprint density at radius 1 is 0.522 bits per heavy atom. The van der Waals surface area contributed by atoms with Crippen molar-refractivity contribution >= 4 is 6.41 Å². The lowest BCUT2D eigenvalue weighted by Crippen LogP contribution is -2.11. The van der Waals surface area contributed by atoms with Gasteiger partial charge in [0.1, 0.15) is 0 Å². The molecule has 2 nitrogen and oxygen atoms in total. The number of hydrogen-bond donors (Lipinski definition) is 1. The van der Waals surface area contributed by atoms with Gasteiger partial charge in [-0.25, -0.2) is 0 Å². The second kappa shape index (κ2) is 21.5. The summed E-state index contributed by atoms with van der Waals surface area (Å²) in [4.78, 5) is 10.1. The van der Waals surface area contributed by atoms with Gasteiger partial charge in [-0.2, -0.15) is 0 Å². The lowest BCUT2D eigenvalue weighted by molar-refractivity contribution is -0.109. The van der Waals surface area contributed by atoms with Crippen molar-refractivity contribution in [2.24, 2.45) is 0 Å². The van der Waals surface area contributed by atoms with Gasteiger partial charge >= 0.3 is 0 Å². The van der Waals surface area contributed by atoms with Gasteiger partial charge < -0.3 is 5.32 Å². The average molecular weight is 326 g/mol. The first-order valence-corrected chi connectivity index (χ1v) is 10.6. The van der Waals surface area contributed by atoms with Crippen LogP contribution in [0.2, 0.25) is 0 Å². The number of unbranched alkanes of at least 4 members (excludes halogenated alkanes) is 17. The first kappa shape index (κ1) is 22.5. The van der Waals surface area contributed by atoms with E-state index in [9.17, 15) is 4.79 Å². The Kier molecular flexibility index (Phi) is 21.0. The van der Waals surface area contributed by atoms with Crippen LogP contribution in [0.15, 0.2) is 0 Å². The summed E-state index contributed by atoms with van der Waals surface area (Å²) in [7, 11) is 0. The number of carbonyl (C=O) groups is 1. The van der Waals surface area contributed by atoms with Gasteiger partial charge in [0.2, 0.25) is 6.41 Å². The first-order chi connectivity index (χ1) is 11.4. The zero-order chi connectivity index (χ0) is 16.8. The second-order valence-electron chi connectivity index (χ2n) is 7.08. The molecule has 1 N–H and O–H groups in total. The highest BCUT2D eigenvalue weighted by molar-refractivity contribution is 5.45. The third kappa shape index (κ3) is 21.5. The maximum atomic E-state index is 10.1. The minimum atomic E-state index is 0.799. The minimum absolute atomic E-state index is 0.799. The van der Waals surface area contributed by atoms with E-state index in [0.717, 1.165) is 19.4 Å². The molecular weight excluding hydrogens is 282 g/mol. The van der Waals surface area contributed by atoms with Gasteiger partial charge in [0, 0.05) is 6.54 Å². The molecule has 0 aliphatic carbocycles. The predicted octanol–water partition coefficient (Wildman–Crippen LogP) is 6.77. The molecule has 0 aliphatic rings. The molecule has 0 aromatic carbocycles. The van der Waals surface area contributed by atoms with Gasteiger partial charge in [-0.05, 0) is 6.42 Å². The van der Waals surface area contributed by atoms with Crippen LogP contribution in [0.3, 0.4) is 0 Å². The summed E-state index contributed by atoms with van der Waals surface area (Å²) >= 11 is 0. The molecule has 2 heteroatoms. The molecule has 0 spiro atoms. The van der Waals surface area contributed by atoms with Gasteiger partial charge in [-0.15, -0.1) is 0 Å². The summed E-state index contributed by atoms with van der Waals surface area (Å²) in [5.41, 5.74) is 0. The SMILES string of the molecule is CCCCCCCCCCCCCCCCCCCCNC=O. The Morgan fingerprint density at radius 2 is 0.826 bits per heavy atom. The third-order valence-electron chi connectivity index (χ3n) is 4.76. The van der Waals surface area contributed by atoms with E-state index in [4.69, 9.17) is 0 Å². The van der Waals surface area contributed by atoms with Gasteiger partial charge in [-0.1, -0.05) is 116 Å². The summed E-state index contributed by atoms with van der Waals surface area (Å²) in [5.74, 6) is 0.